The number of ketones is 3. The van der Waals surface area contributed by atoms with Gasteiger partial charge >= 0.3 is 0 Å². The largest absolute Gasteiger partial charge is 0.512 e. The second-order valence-corrected chi connectivity index (χ2v) is 22.9. The molecule has 0 bridgehead atoms. The van der Waals surface area contributed by atoms with Crippen LogP contribution in [0.4, 0.5) is 0 Å². The van der Waals surface area contributed by atoms with Crippen LogP contribution < -0.4 is 0 Å². The Kier molecular flexibility index (Phi) is 26.2. The predicted octanol–water partition coefficient (Wildman–Crippen LogP) is 18.9. The molecule has 3 N–H and O–H groups in total. The van der Waals surface area contributed by atoms with E-state index in [0.29, 0.717) is 0 Å². The Hall–Kier alpha value is -7.95. The van der Waals surface area contributed by atoms with Gasteiger partial charge in [-0.1, -0.05) is 165 Å². The Balaban J connectivity index is 0.000000210. The van der Waals surface area contributed by atoms with E-state index in [9.17, 15) is 14.4 Å². The van der Waals surface area contributed by atoms with Gasteiger partial charge in [-0.05, 0) is 115 Å². The minimum Gasteiger partial charge on any atom is -0.512 e. The average molecular weight is 1730 g/mol. The Morgan fingerprint density at radius 2 is 0.921 bits per heavy atom. The second kappa shape index (κ2) is 32.5. The molecule has 0 spiro atoms. The number of hydrogen-bond donors (Lipinski definition) is 3. The zero-order chi connectivity index (χ0) is 61.7. The summed E-state index contributed by atoms with van der Waals surface area (Å²) in [4.78, 5) is 44.1. The van der Waals surface area contributed by atoms with E-state index in [1.54, 1.807) is 11.3 Å². The van der Waals surface area contributed by atoms with Gasteiger partial charge in [-0.3, -0.25) is 24.4 Å². The van der Waals surface area contributed by atoms with Gasteiger partial charge in [-0.15, -0.1) is 94.5 Å². The molecule has 13 rings (SSSR count). The van der Waals surface area contributed by atoms with E-state index in [1.807, 2.05) is 60.8 Å². The summed E-state index contributed by atoms with van der Waals surface area (Å²) in [7, 11) is 0. The molecule has 89 heavy (non-hydrogen) atoms. The van der Waals surface area contributed by atoms with Crippen molar-refractivity contribution in [3.05, 3.63) is 270 Å². The number of hydrogen-bond acceptors (Lipinski definition) is 10. The Bertz CT molecular complexity index is 4260. The number of nitrogens with zero attached hydrogens (tertiary/aromatic N) is 3. The van der Waals surface area contributed by atoms with E-state index in [2.05, 4.69) is 189 Å². The van der Waals surface area contributed by atoms with Crippen molar-refractivity contribution in [2.75, 3.05) is 0 Å². The molecule has 0 aliphatic heterocycles. The van der Waals surface area contributed by atoms with Gasteiger partial charge in [0.25, 0.3) is 0 Å². The summed E-state index contributed by atoms with van der Waals surface area (Å²) in [5.74, 6) is -0.187. The molecule has 0 unspecified atom stereocenters. The number of fused-ring (bicyclic) bond motifs is 9. The van der Waals surface area contributed by atoms with E-state index in [1.165, 1.54) is 125 Å². The van der Waals surface area contributed by atoms with Crippen molar-refractivity contribution in [2.45, 2.75) is 80.1 Å². The summed E-state index contributed by atoms with van der Waals surface area (Å²) < 4.78 is 1.23. The van der Waals surface area contributed by atoms with Gasteiger partial charge in [0.15, 0.2) is 17.3 Å². The maximum atomic E-state index is 10.0. The summed E-state index contributed by atoms with van der Waals surface area (Å²) in [5.41, 5.74) is 18.0. The molecule has 9 nitrogen and oxygen atoms in total. The number of thiazole rings is 1. The number of aromatic nitrogens is 3. The number of carbonyl (C=O) groups excluding carboxylic acids is 3. The third-order valence-electron chi connectivity index (χ3n) is 14.3. The van der Waals surface area contributed by atoms with Crippen LogP contribution in [0, 0.1) is 18.2 Å². The quantitative estimate of drug-likeness (QED) is 0.0840. The number of pyridine rings is 2. The number of para-hydroxylation sites is 2. The summed E-state index contributed by atoms with van der Waals surface area (Å²) in [6, 6.07) is 75.4. The Morgan fingerprint density at radius 3 is 1.44 bits per heavy atom. The monoisotopic (exact) mass is 1730 g/mol. The number of aliphatic hydroxyl groups excluding tert-OH is 3. The molecule has 0 atom stereocenters. The van der Waals surface area contributed by atoms with Crippen molar-refractivity contribution in [2.24, 2.45) is 0 Å². The summed E-state index contributed by atoms with van der Waals surface area (Å²) in [6.45, 7) is 17.8. The van der Waals surface area contributed by atoms with Crippen LogP contribution in [0.5, 0.6) is 0 Å². The molecular formula is C76H68Ir3N3O6S-3. The minimum absolute atomic E-state index is 0. The van der Waals surface area contributed by atoms with E-state index in [-0.39, 0.29) is 106 Å². The van der Waals surface area contributed by atoms with Crippen LogP contribution in [0.15, 0.2) is 230 Å². The minimum atomic E-state index is -0.125. The van der Waals surface area contributed by atoms with Gasteiger partial charge in [0.05, 0.1) is 28.3 Å². The fourth-order valence-corrected chi connectivity index (χ4v) is 11.5. The van der Waals surface area contributed by atoms with E-state index in [4.69, 9.17) is 20.3 Å². The smallest absolute Gasteiger partial charge is 0.155 e. The SMILES string of the molecule is CC(=O)C=C(C)O.CC(=O)C=C(C)O.CC(=O)C=C(C)O.CC1(C)c2ccccc2-c2c[c-]c(-c3ccc4ccccc4n3)cc21.CC1(C)c2ccccc2-c2c[c-]c(-c3nccc4ccccc34)cc21.[Ir].[Ir].[Ir].[c-]1ccccc1-c1nc2ccccc2s1. The van der Waals surface area contributed by atoms with Crippen molar-refractivity contribution in [3.63, 3.8) is 0 Å². The van der Waals surface area contributed by atoms with Gasteiger partial charge < -0.3 is 20.3 Å². The van der Waals surface area contributed by atoms with Crippen LogP contribution in [-0.2, 0) is 85.5 Å². The molecule has 8 aromatic carbocycles. The van der Waals surface area contributed by atoms with Crippen molar-refractivity contribution >= 4 is 60.6 Å². The molecule has 3 heterocycles. The molecule has 13 heteroatoms. The van der Waals surface area contributed by atoms with E-state index < -0.39 is 0 Å². The molecule has 2 aliphatic carbocycles. The first-order valence-electron chi connectivity index (χ1n) is 28.1. The van der Waals surface area contributed by atoms with E-state index in [0.717, 1.165) is 44.1 Å². The molecule has 3 radical (unpaired) electrons. The zero-order valence-corrected chi connectivity index (χ0v) is 59.0. The molecule has 11 aromatic rings. The second-order valence-electron chi connectivity index (χ2n) is 21.9. The predicted molar refractivity (Wildman–Crippen MR) is 352 cm³/mol. The zero-order valence-electron chi connectivity index (χ0n) is 51.0. The van der Waals surface area contributed by atoms with Crippen molar-refractivity contribution in [3.8, 4) is 55.3 Å². The van der Waals surface area contributed by atoms with Gasteiger partial charge in [0.1, 0.15) is 0 Å². The first kappa shape index (κ1) is 71.8. The fourth-order valence-electron chi connectivity index (χ4n) is 10.5. The number of carbonyl (C=O) groups is 3. The van der Waals surface area contributed by atoms with Crippen molar-refractivity contribution in [1.29, 1.82) is 0 Å². The van der Waals surface area contributed by atoms with Crippen LogP contribution in [0.3, 0.4) is 0 Å². The first-order valence-corrected chi connectivity index (χ1v) is 28.9. The molecule has 459 valence electrons. The Labute approximate surface area is 566 Å². The van der Waals surface area contributed by atoms with Crippen LogP contribution in [0.2, 0.25) is 0 Å². The van der Waals surface area contributed by atoms with Crippen LogP contribution in [0.1, 0.15) is 91.5 Å². The average Bonchev–Trinajstić information content (AvgIpc) is 1.62. The third-order valence-corrected chi connectivity index (χ3v) is 15.4. The summed E-state index contributed by atoms with van der Waals surface area (Å²) >= 11 is 1.71. The topological polar surface area (TPSA) is 151 Å². The molecular weight excluding hydrogens is 1660 g/mol. The van der Waals surface area contributed by atoms with Crippen molar-refractivity contribution in [1.82, 2.24) is 15.0 Å². The normalized spacial score (nSPS) is 12.5. The number of aliphatic hydroxyl groups is 3. The number of allylic oxidation sites excluding steroid dienone is 6. The van der Waals surface area contributed by atoms with Gasteiger partial charge in [0, 0.05) is 94.4 Å². The molecule has 0 saturated heterocycles. The number of benzene rings is 8. The maximum Gasteiger partial charge on any atom is 0.155 e. The van der Waals surface area contributed by atoms with Gasteiger partial charge in [0.2, 0.25) is 0 Å². The standard InChI is InChI=1S/2C24H18N.C13H8NS.3C5H8O2.3Ir/c1-24(2)20-9-5-4-8-18(20)19-13-11-17(15-21(19)24)23-14-12-16-7-3-6-10-22(16)25-23;1-24(2)21-10-6-5-9-19(21)20-12-11-17(15-22(20)24)23-18-8-4-3-7-16(18)13-14-25-23;1-2-6-10(7-3-1)13-14-11-8-4-5-9-12(11)15-13;3*1-4(6)3-5(2)7;;;/h2*3-10,12-15H,1-2H3;1-6,8-9H;3*3,6H,1-2H3;;;/q3*-1;;;;;;. The van der Waals surface area contributed by atoms with Crippen LogP contribution in [0.25, 0.3) is 87.2 Å². The van der Waals surface area contributed by atoms with E-state index >= 15 is 0 Å². The van der Waals surface area contributed by atoms with Gasteiger partial charge in [-0.2, -0.15) is 11.3 Å². The number of rotatable bonds is 6. The molecule has 3 aromatic heterocycles. The first-order chi connectivity index (χ1) is 41.1. The van der Waals surface area contributed by atoms with Gasteiger partial charge in [-0.25, -0.2) is 0 Å². The van der Waals surface area contributed by atoms with Crippen LogP contribution in [-0.4, -0.2) is 47.6 Å². The third kappa shape index (κ3) is 18.1. The maximum absolute atomic E-state index is 10.0. The van der Waals surface area contributed by atoms with Crippen LogP contribution >= 0.6 is 11.3 Å². The fraction of sp³-hybridized carbons (Fsp3) is 0.158. The molecule has 2 aliphatic rings. The Morgan fingerprint density at radius 1 is 0.449 bits per heavy atom. The molecule has 0 saturated carbocycles. The molecule has 0 amide bonds. The molecule has 0 fully saturated rings. The summed E-state index contributed by atoms with van der Waals surface area (Å²) in [5, 5.41) is 29.7. The van der Waals surface area contributed by atoms with Crippen molar-refractivity contribution < 1.29 is 90.0 Å². The summed E-state index contributed by atoms with van der Waals surface area (Å²) in [6.07, 6.45) is 5.39.